The lowest BCUT2D eigenvalue weighted by atomic mass is 9.91. The third-order valence-electron chi connectivity index (χ3n) is 24.0. The van der Waals surface area contributed by atoms with Crippen molar-refractivity contribution in [2.24, 2.45) is 0 Å². The SMILES string of the molecule is CP(C)(=O)c1c2ccccc2nc2c1ccc1ccccc12.CP(C)(=O)c1ccc2ccc3c(-c4ccc5ccccc5c4)c4ccc5ccccc5c4nc3c2c1.CP(C)(=O)c1ccc2ccc3c(-c4ccc5ccccc5c4)c4ccccc4nc3c2c1.CP(C)(=O)c1ccc2ccc3c(-c4ccc5ccccc5c4)nc(-c4ccccc4)nc3c2c1. The van der Waals surface area contributed by atoms with Gasteiger partial charge in [0.2, 0.25) is 0 Å². The van der Waals surface area contributed by atoms with Crippen LogP contribution in [0.15, 0.2) is 370 Å². The number of fused-ring (bicyclic) bond motifs is 20. The summed E-state index contributed by atoms with van der Waals surface area (Å²) < 4.78 is 51.6. The van der Waals surface area contributed by atoms with Crippen molar-refractivity contribution in [3.05, 3.63) is 370 Å². The Morgan fingerprint density at radius 2 is 0.492 bits per heavy atom. The van der Waals surface area contributed by atoms with Gasteiger partial charge in [-0.1, -0.05) is 315 Å². The molecule has 13 heteroatoms. The summed E-state index contributed by atoms with van der Waals surface area (Å²) in [7, 11) is -9.62. The standard InChI is InChI=1S/C33H24NOP.C30H23N2OP.C29H22NOP.C19H16NOP/c1-36(2,35)26-16-13-23-15-18-29-31(25-12-11-21-7-3-4-9-24(21)19-25)28-17-14-22-8-5-6-10-27(22)32(28)34-33(29)30(23)20-26;1-34(2,33)25-16-14-21-15-17-26-28(24-13-12-20-8-6-7-11-23(20)18-24)31-30(22-9-4-3-5-10-22)32-29(26)27(21)19-25;1-32(2,31)23-15-13-20-14-16-25-28(22-12-11-19-7-3-4-8-21(19)17-22)24-9-5-6-10-27(24)30-29(25)26(20)18-23;1-22(2,21)19-15-9-5-6-10-17(15)20-18-14-8-4-3-7-13(14)11-12-16(18)19/h3-20H,1-2H3;3-19H,1-2H3;3-18H,1-2H3;3-12H,1-2H3. The molecule has 0 aliphatic heterocycles. The van der Waals surface area contributed by atoms with Gasteiger partial charge in [-0.2, -0.15) is 0 Å². The van der Waals surface area contributed by atoms with Crippen LogP contribution >= 0.6 is 28.6 Å². The number of rotatable bonds is 8. The molecule has 0 spiro atoms. The van der Waals surface area contributed by atoms with Gasteiger partial charge in [0.05, 0.1) is 44.3 Å². The van der Waals surface area contributed by atoms with Crippen LogP contribution in [0, 0.1) is 0 Å². The predicted octanol–water partition coefficient (Wildman–Crippen LogP) is 28.7. The van der Waals surface area contributed by atoms with Crippen LogP contribution < -0.4 is 21.2 Å². The van der Waals surface area contributed by atoms with Gasteiger partial charge >= 0.3 is 0 Å². The topological polar surface area (TPSA) is 133 Å². The molecule has 19 aromatic carbocycles. The van der Waals surface area contributed by atoms with E-state index < -0.39 is 28.6 Å². The van der Waals surface area contributed by atoms with Crippen molar-refractivity contribution in [1.29, 1.82) is 0 Å². The first-order chi connectivity index (χ1) is 60.0. The molecule has 0 aliphatic carbocycles. The summed E-state index contributed by atoms with van der Waals surface area (Å²) >= 11 is 0. The maximum Gasteiger partial charge on any atom is 0.160 e. The summed E-state index contributed by atoms with van der Waals surface area (Å²) in [6, 6.07) is 128. The van der Waals surface area contributed by atoms with E-state index in [-0.39, 0.29) is 0 Å². The van der Waals surface area contributed by atoms with Crippen molar-refractivity contribution in [2.75, 3.05) is 53.3 Å². The Morgan fingerprint density at radius 3 is 0.944 bits per heavy atom. The number of hydrogen-bond acceptors (Lipinski definition) is 9. The fraction of sp³-hybridized carbons (Fsp3) is 0.0721. The molecule has 0 fully saturated rings. The molecule has 9 nitrogen and oxygen atoms in total. The third-order valence-corrected chi connectivity index (χ3v) is 30.2. The van der Waals surface area contributed by atoms with Crippen molar-refractivity contribution in [3.63, 3.8) is 0 Å². The minimum absolute atomic E-state index is 0.686. The van der Waals surface area contributed by atoms with Crippen LogP contribution in [0.2, 0.25) is 0 Å². The van der Waals surface area contributed by atoms with Crippen LogP contribution in [0.1, 0.15) is 0 Å². The molecule has 0 saturated heterocycles. The summed E-state index contributed by atoms with van der Waals surface area (Å²) in [5.74, 6) is 0.686. The van der Waals surface area contributed by atoms with Crippen LogP contribution in [0.5, 0.6) is 0 Å². The zero-order valence-electron chi connectivity index (χ0n) is 69.9. The molecule has 0 amide bonds. The largest absolute Gasteiger partial charge is 0.319 e. The van der Waals surface area contributed by atoms with E-state index in [9.17, 15) is 18.3 Å². The fourth-order valence-electron chi connectivity index (χ4n) is 17.8. The zero-order valence-corrected chi connectivity index (χ0v) is 73.5. The number of nitrogens with zero attached hydrogens (tertiary/aromatic N) is 5. The molecule has 0 aliphatic rings. The van der Waals surface area contributed by atoms with Gasteiger partial charge in [0.15, 0.2) is 5.82 Å². The summed E-state index contributed by atoms with van der Waals surface area (Å²) in [6.45, 7) is 14.6. The van der Waals surface area contributed by atoms with E-state index in [4.69, 9.17) is 24.9 Å². The van der Waals surface area contributed by atoms with Crippen LogP contribution in [-0.2, 0) is 18.3 Å². The molecule has 0 atom stereocenters. The maximum absolute atomic E-state index is 13.0. The van der Waals surface area contributed by atoms with E-state index >= 15 is 0 Å². The number of pyridine rings is 3. The molecule has 0 saturated carbocycles. The second-order valence-electron chi connectivity index (χ2n) is 33.8. The summed E-state index contributed by atoms with van der Waals surface area (Å²) in [4.78, 5) is 25.4. The van der Waals surface area contributed by atoms with Gasteiger partial charge in [0.1, 0.15) is 28.6 Å². The fourth-order valence-corrected chi connectivity index (χ4v) is 21.9. The molecule has 23 rings (SSSR count). The molecule has 23 aromatic rings. The van der Waals surface area contributed by atoms with Crippen LogP contribution in [0.25, 0.3) is 207 Å². The van der Waals surface area contributed by atoms with Gasteiger partial charge in [0.25, 0.3) is 0 Å². The van der Waals surface area contributed by atoms with Crippen molar-refractivity contribution in [3.8, 4) is 44.9 Å². The second kappa shape index (κ2) is 31.5. The Hall–Kier alpha value is -13.5. The number of para-hydroxylation sites is 2. The van der Waals surface area contributed by atoms with Crippen molar-refractivity contribution >= 4 is 212 Å². The predicted molar refractivity (Wildman–Crippen MR) is 535 cm³/mol. The summed E-state index contributed by atoms with van der Waals surface area (Å²) in [5.41, 5.74) is 14.3. The van der Waals surface area contributed by atoms with E-state index in [1.165, 1.54) is 60.0 Å². The molecule has 124 heavy (non-hydrogen) atoms. The van der Waals surface area contributed by atoms with Crippen molar-refractivity contribution in [1.82, 2.24) is 24.9 Å². The van der Waals surface area contributed by atoms with E-state index in [2.05, 4.69) is 267 Å². The average Bonchev–Trinajstić information content (AvgIpc) is 0.743. The van der Waals surface area contributed by atoms with E-state index in [0.29, 0.717) is 5.82 Å². The first kappa shape index (κ1) is 79.0. The van der Waals surface area contributed by atoms with E-state index in [1.54, 1.807) is 0 Å². The van der Waals surface area contributed by atoms with Gasteiger partial charge in [0, 0.05) is 108 Å². The van der Waals surface area contributed by atoms with Gasteiger partial charge in [-0.15, -0.1) is 0 Å². The molecular weight excluding hydrogens is 1590 g/mol. The maximum atomic E-state index is 13.0. The zero-order chi connectivity index (χ0) is 84.9. The first-order valence-electron chi connectivity index (χ1n) is 41.6. The Bertz CT molecular complexity index is 8590. The Kier molecular flexibility index (Phi) is 20.0. The Morgan fingerprint density at radius 1 is 0.185 bits per heavy atom. The van der Waals surface area contributed by atoms with Crippen molar-refractivity contribution in [2.45, 2.75) is 0 Å². The Balaban J connectivity index is 0.000000106. The van der Waals surface area contributed by atoms with E-state index in [1.807, 2.05) is 156 Å². The van der Waals surface area contributed by atoms with Gasteiger partial charge in [-0.05, 0) is 178 Å². The van der Waals surface area contributed by atoms with Crippen LogP contribution in [0.3, 0.4) is 0 Å². The molecule has 0 bridgehead atoms. The van der Waals surface area contributed by atoms with Gasteiger partial charge < -0.3 is 18.3 Å². The minimum atomic E-state index is -2.43. The highest BCUT2D eigenvalue weighted by Crippen LogP contribution is 2.47. The highest BCUT2D eigenvalue weighted by atomic mass is 31.2. The lowest BCUT2D eigenvalue weighted by Gasteiger charge is -2.16. The lowest BCUT2D eigenvalue weighted by molar-refractivity contribution is 0.587. The average molecular weight is 1680 g/mol. The molecule has 0 N–H and O–H groups in total. The molecule has 0 unspecified atom stereocenters. The normalized spacial score (nSPS) is 12.2. The van der Waals surface area contributed by atoms with Gasteiger partial charge in [-0.3, -0.25) is 0 Å². The molecular formula is C111H85N5O4P4. The smallest absolute Gasteiger partial charge is 0.160 e. The van der Waals surface area contributed by atoms with Crippen LogP contribution in [0.4, 0.5) is 0 Å². The number of hydrogen-bond donors (Lipinski definition) is 0. The third kappa shape index (κ3) is 14.9. The van der Waals surface area contributed by atoms with Crippen molar-refractivity contribution < 1.29 is 18.3 Å². The molecule has 598 valence electrons. The molecule has 4 heterocycles. The molecule has 4 aromatic heterocycles. The monoisotopic (exact) mass is 1680 g/mol. The number of aromatic nitrogens is 5. The summed E-state index contributed by atoms with van der Waals surface area (Å²) in [5, 5.41) is 29.3. The lowest BCUT2D eigenvalue weighted by Crippen LogP contribution is -2.08. The second-order valence-corrected chi connectivity index (χ2v) is 46.6. The highest BCUT2D eigenvalue weighted by Gasteiger charge is 2.25. The van der Waals surface area contributed by atoms with E-state index in [0.717, 1.165) is 163 Å². The summed E-state index contributed by atoms with van der Waals surface area (Å²) in [6.07, 6.45) is 0. The first-order valence-corrected chi connectivity index (χ1v) is 52.0. The quantitative estimate of drug-likeness (QED) is 0.0828. The Labute approximate surface area is 718 Å². The highest BCUT2D eigenvalue weighted by molar-refractivity contribution is 7.71. The number of benzene rings is 19. The van der Waals surface area contributed by atoms with Crippen LogP contribution in [-0.4, -0.2) is 78.2 Å². The minimum Gasteiger partial charge on any atom is -0.319 e. The molecule has 0 radical (unpaired) electrons. The van der Waals surface area contributed by atoms with Gasteiger partial charge in [-0.25, -0.2) is 24.9 Å².